The quantitative estimate of drug-likeness (QED) is 0.424. The lowest BCUT2D eigenvalue weighted by Gasteiger charge is -2.16. The van der Waals surface area contributed by atoms with Crippen LogP contribution in [-0.2, 0) is 14.3 Å². The zero-order chi connectivity index (χ0) is 20.2. The summed E-state index contributed by atoms with van der Waals surface area (Å²) in [5.74, 6) is -0.567. The lowest BCUT2D eigenvalue weighted by Crippen LogP contribution is -2.16. The smallest absolute Gasteiger partial charge is 0.338 e. The molecule has 5 heteroatoms. The minimum absolute atomic E-state index is 0.0481. The van der Waals surface area contributed by atoms with Crippen LogP contribution < -0.4 is 0 Å². The molecule has 2 rings (SSSR count). The maximum atomic E-state index is 12.1. The minimum Gasteiger partial charge on any atom is -0.462 e. The fourth-order valence-electron chi connectivity index (χ4n) is 2.76. The zero-order valence-corrected chi connectivity index (χ0v) is 16.1. The Bertz CT molecular complexity index is 755. The molecule has 0 aliphatic heterocycles. The highest BCUT2D eigenvalue weighted by Gasteiger charge is 2.15. The molecule has 0 heterocycles. The molecule has 0 spiro atoms. The van der Waals surface area contributed by atoms with Crippen molar-refractivity contribution in [3.8, 4) is 0 Å². The predicted octanol–water partition coefficient (Wildman–Crippen LogP) is 4.47. The molecule has 1 atom stereocenters. The van der Waals surface area contributed by atoms with E-state index in [0.717, 1.165) is 0 Å². The van der Waals surface area contributed by atoms with Gasteiger partial charge in [-0.25, -0.2) is 9.59 Å². The Morgan fingerprint density at radius 1 is 0.786 bits per heavy atom. The van der Waals surface area contributed by atoms with Crippen LogP contribution in [-0.4, -0.2) is 30.9 Å². The Balaban J connectivity index is 1.77. The standard InChI is InChI=1S/C23H26O5/c1-18(24)14-15-19(17-28-23(26)21-12-6-3-7-13-21)9-8-16-27-22(25)20-10-4-2-5-11-20/h2-7,10-13,19H,8-9,14-17H2,1H3/t19-/m1/s1. The van der Waals surface area contributed by atoms with Crippen LogP contribution in [0.2, 0.25) is 0 Å². The first-order valence-electron chi connectivity index (χ1n) is 9.50. The molecule has 0 bridgehead atoms. The van der Waals surface area contributed by atoms with E-state index < -0.39 is 0 Å². The van der Waals surface area contributed by atoms with Crippen LogP contribution in [0.3, 0.4) is 0 Å². The van der Waals surface area contributed by atoms with Crippen LogP contribution in [0.5, 0.6) is 0 Å². The number of benzene rings is 2. The molecule has 2 aromatic rings. The van der Waals surface area contributed by atoms with E-state index in [4.69, 9.17) is 9.47 Å². The van der Waals surface area contributed by atoms with Crippen LogP contribution >= 0.6 is 0 Å². The Hall–Kier alpha value is -2.95. The van der Waals surface area contributed by atoms with Gasteiger partial charge in [0.25, 0.3) is 0 Å². The van der Waals surface area contributed by atoms with Gasteiger partial charge in [-0.15, -0.1) is 0 Å². The van der Waals surface area contributed by atoms with Crippen LogP contribution in [0.25, 0.3) is 0 Å². The highest BCUT2D eigenvalue weighted by molar-refractivity contribution is 5.89. The van der Waals surface area contributed by atoms with Crippen LogP contribution in [0, 0.1) is 5.92 Å². The van der Waals surface area contributed by atoms with Crippen LogP contribution in [0.15, 0.2) is 60.7 Å². The Morgan fingerprint density at radius 2 is 1.32 bits per heavy atom. The molecule has 0 saturated carbocycles. The largest absolute Gasteiger partial charge is 0.462 e. The molecular weight excluding hydrogens is 356 g/mol. The number of hydrogen-bond donors (Lipinski definition) is 0. The summed E-state index contributed by atoms with van der Waals surface area (Å²) in [5, 5.41) is 0. The Labute approximate surface area is 165 Å². The second kappa shape index (κ2) is 11.7. The van der Waals surface area contributed by atoms with E-state index in [0.29, 0.717) is 36.8 Å². The van der Waals surface area contributed by atoms with Gasteiger partial charge in [0.05, 0.1) is 24.3 Å². The van der Waals surface area contributed by atoms with E-state index in [-0.39, 0.29) is 36.9 Å². The number of rotatable bonds is 11. The average molecular weight is 382 g/mol. The van der Waals surface area contributed by atoms with Crippen LogP contribution in [0.4, 0.5) is 0 Å². The molecule has 0 aliphatic carbocycles. The van der Waals surface area contributed by atoms with Gasteiger partial charge in [0.1, 0.15) is 5.78 Å². The SMILES string of the molecule is CC(=O)CC[C@@H](CCCOC(=O)c1ccccc1)COC(=O)c1ccccc1. The van der Waals surface area contributed by atoms with Gasteiger partial charge in [-0.3, -0.25) is 0 Å². The van der Waals surface area contributed by atoms with Gasteiger partial charge in [-0.05, 0) is 56.4 Å². The molecule has 0 aromatic heterocycles. The van der Waals surface area contributed by atoms with Crippen molar-refractivity contribution in [3.05, 3.63) is 71.8 Å². The Morgan fingerprint density at radius 3 is 1.86 bits per heavy atom. The minimum atomic E-state index is -0.371. The third-order valence-electron chi connectivity index (χ3n) is 4.36. The normalized spacial score (nSPS) is 11.5. The van der Waals surface area contributed by atoms with Crippen molar-refractivity contribution in [2.45, 2.75) is 32.6 Å². The monoisotopic (exact) mass is 382 g/mol. The summed E-state index contributed by atoms with van der Waals surface area (Å²) < 4.78 is 10.7. The summed E-state index contributed by atoms with van der Waals surface area (Å²) in [6.07, 6.45) is 2.43. The highest BCUT2D eigenvalue weighted by Crippen LogP contribution is 2.16. The molecule has 0 saturated heterocycles. The maximum Gasteiger partial charge on any atom is 0.338 e. The average Bonchev–Trinajstić information content (AvgIpc) is 2.73. The zero-order valence-electron chi connectivity index (χ0n) is 16.1. The second-order valence-electron chi connectivity index (χ2n) is 6.72. The molecule has 0 aliphatic rings. The third-order valence-corrected chi connectivity index (χ3v) is 4.36. The maximum absolute atomic E-state index is 12.1. The summed E-state index contributed by atoms with van der Waals surface area (Å²) in [4.78, 5) is 35.4. The number of ketones is 1. The number of carbonyl (C=O) groups excluding carboxylic acids is 3. The van der Waals surface area contributed by atoms with Crippen molar-refractivity contribution >= 4 is 17.7 Å². The van der Waals surface area contributed by atoms with E-state index in [9.17, 15) is 14.4 Å². The summed E-state index contributed by atoms with van der Waals surface area (Å²) in [6, 6.07) is 17.6. The van der Waals surface area contributed by atoms with Crippen molar-refractivity contribution in [3.63, 3.8) is 0 Å². The second-order valence-corrected chi connectivity index (χ2v) is 6.72. The molecule has 0 amide bonds. The van der Waals surface area contributed by atoms with Gasteiger partial charge in [0.15, 0.2) is 0 Å². The molecule has 0 fully saturated rings. The van der Waals surface area contributed by atoms with Gasteiger partial charge in [0, 0.05) is 6.42 Å². The lowest BCUT2D eigenvalue weighted by atomic mass is 9.97. The number of ether oxygens (including phenoxy) is 2. The number of esters is 2. The summed E-state index contributed by atoms with van der Waals surface area (Å²) in [7, 11) is 0. The van der Waals surface area contributed by atoms with E-state index in [1.807, 2.05) is 12.1 Å². The third kappa shape index (κ3) is 7.74. The molecule has 0 unspecified atom stereocenters. The molecule has 2 aromatic carbocycles. The fraction of sp³-hybridized carbons (Fsp3) is 0.348. The van der Waals surface area contributed by atoms with E-state index in [1.54, 1.807) is 55.5 Å². The van der Waals surface area contributed by atoms with Crippen LogP contribution in [0.1, 0.15) is 53.3 Å². The number of carbonyl (C=O) groups is 3. The molecular formula is C23H26O5. The van der Waals surface area contributed by atoms with Crippen molar-refractivity contribution in [2.75, 3.05) is 13.2 Å². The summed E-state index contributed by atoms with van der Waals surface area (Å²) in [5.41, 5.74) is 1.03. The van der Waals surface area contributed by atoms with E-state index in [2.05, 4.69) is 0 Å². The molecule has 28 heavy (non-hydrogen) atoms. The number of Topliss-reactive ketones (excluding diaryl/α,β-unsaturated/α-hetero) is 1. The van der Waals surface area contributed by atoms with Gasteiger partial charge in [-0.1, -0.05) is 36.4 Å². The van der Waals surface area contributed by atoms with E-state index >= 15 is 0 Å². The summed E-state index contributed by atoms with van der Waals surface area (Å²) in [6.45, 7) is 2.08. The topological polar surface area (TPSA) is 69.7 Å². The van der Waals surface area contributed by atoms with E-state index in [1.165, 1.54) is 0 Å². The van der Waals surface area contributed by atoms with Crippen molar-refractivity contribution < 1.29 is 23.9 Å². The van der Waals surface area contributed by atoms with Crippen molar-refractivity contribution in [1.82, 2.24) is 0 Å². The van der Waals surface area contributed by atoms with Crippen molar-refractivity contribution in [2.24, 2.45) is 5.92 Å². The van der Waals surface area contributed by atoms with Gasteiger partial charge in [-0.2, -0.15) is 0 Å². The van der Waals surface area contributed by atoms with Gasteiger partial charge < -0.3 is 14.3 Å². The van der Waals surface area contributed by atoms with Crippen molar-refractivity contribution in [1.29, 1.82) is 0 Å². The molecule has 0 radical (unpaired) electrons. The molecule has 0 N–H and O–H groups in total. The first-order valence-corrected chi connectivity index (χ1v) is 9.50. The highest BCUT2D eigenvalue weighted by atomic mass is 16.5. The first-order chi connectivity index (χ1) is 13.6. The van der Waals surface area contributed by atoms with Gasteiger partial charge in [0.2, 0.25) is 0 Å². The Kier molecular flexibility index (Phi) is 8.92. The molecule has 5 nitrogen and oxygen atoms in total. The van der Waals surface area contributed by atoms with Gasteiger partial charge >= 0.3 is 11.9 Å². The fourth-order valence-corrected chi connectivity index (χ4v) is 2.76. The first kappa shape index (κ1) is 21.4. The lowest BCUT2D eigenvalue weighted by molar-refractivity contribution is -0.117. The number of hydrogen-bond acceptors (Lipinski definition) is 5. The molecule has 148 valence electrons. The summed E-state index contributed by atoms with van der Waals surface area (Å²) >= 11 is 0. The predicted molar refractivity (Wildman–Crippen MR) is 106 cm³/mol.